The van der Waals surface area contributed by atoms with Crippen molar-refractivity contribution >= 4 is 27.3 Å². The van der Waals surface area contributed by atoms with Crippen LogP contribution >= 0.6 is 27.3 Å². The molecule has 0 aliphatic carbocycles. The van der Waals surface area contributed by atoms with Gasteiger partial charge in [0.15, 0.2) is 0 Å². The van der Waals surface area contributed by atoms with Gasteiger partial charge in [-0.3, -0.25) is 0 Å². The van der Waals surface area contributed by atoms with Crippen molar-refractivity contribution in [2.75, 3.05) is 13.2 Å². The van der Waals surface area contributed by atoms with Crippen LogP contribution in [0, 0.1) is 0 Å². The van der Waals surface area contributed by atoms with Crippen LogP contribution in [0.3, 0.4) is 0 Å². The Labute approximate surface area is 138 Å². The van der Waals surface area contributed by atoms with Crippen LogP contribution in [0.25, 0.3) is 0 Å². The number of hydrogen-bond donors (Lipinski definition) is 2. The minimum absolute atomic E-state index is 0.199. The Morgan fingerprint density at radius 1 is 1.29 bits per heavy atom. The smallest absolute Gasteiger partial charge is 0.0898 e. The van der Waals surface area contributed by atoms with E-state index in [1.807, 2.05) is 29.6 Å². The molecule has 0 radical (unpaired) electrons. The summed E-state index contributed by atoms with van der Waals surface area (Å²) in [6, 6.07) is 12.4. The molecule has 0 spiro atoms. The van der Waals surface area contributed by atoms with E-state index in [1.165, 1.54) is 10.4 Å². The number of ether oxygens (including phenoxy) is 1. The monoisotopic (exact) mass is 369 g/mol. The Morgan fingerprint density at radius 3 is 2.71 bits per heavy atom. The average molecular weight is 370 g/mol. The second-order valence-electron chi connectivity index (χ2n) is 4.93. The molecule has 0 aliphatic heterocycles. The van der Waals surface area contributed by atoms with Gasteiger partial charge in [0, 0.05) is 21.9 Å². The third kappa shape index (κ3) is 5.88. The first-order chi connectivity index (χ1) is 10.1. The SMILES string of the molecule is C[C@@H](NCC(O)COCc1cccs1)c1ccc(Br)cc1. The Hall–Kier alpha value is -0.720. The van der Waals surface area contributed by atoms with Crippen LogP contribution < -0.4 is 5.32 Å². The first kappa shape index (κ1) is 16.6. The molecule has 2 aromatic rings. The van der Waals surface area contributed by atoms with Crippen molar-refractivity contribution in [3.05, 3.63) is 56.7 Å². The molecule has 0 saturated heterocycles. The Bertz CT molecular complexity index is 516. The number of nitrogens with one attached hydrogen (secondary N) is 1. The summed E-state index contributed by atoms with van der Waals surface area (Å²) in [5, 5.41) is 15.3. The van der Waals surface area contributed by atoms with Gasteiger partial charge in [-0.15, -0.1) is 11.3 Å². The minimum Gasteiger partial charge on any atom is -0.389 e. The molecule has 1 aromatic heterocycles. The summed E-state index contributed by atoms with van der Waals surface area (Å²) in [7, 11) is 0. The zero-order valence-electron chi connectivity index (χ0n) is 12.0. The summed E-state index contributed by atoms with van der Waals surface area (Å²) in [6.45, 7) is 3.51. The fourth-order valence-corrected chi connectivity index (χ4v) is 2.84. The van der Waals surface area contributed by atoms with Gasteiger partial charge in [-0.05, 0) is 36.1 Å². The van der Waals surface area contributed by atoms with Crippen LogP contribution in [-0.4, -0.2) is 24.4 Å². The van der Waals surface area contributed by atoms with Crippen molar-refractivity contribution in [3.8, 4) is 0 Å². The number of benzene rings is 1. The van der Waals surface area contributed by atoms with Gasteiger partial charge in [-0.1, -0.05) is 34.1 Å². The van der Waals surface area contributed by atoms with Crippen molar-refractivity contribution in [1.29, 1.82) is 0 Å². The summed E-state index contributed by atoms with van der Waals surface area (Å²) in [4.78, 5) is 1.18. The number of aliphatic hydroxyl groups excluding tert-OH is 1. The molecule has 3 nitrogen and oxygen atoms in total. The van der Waals surface area contributed by atoms with Gasteiger partial charge in [-0.25, -0.2) is 0 Å². The molecule has 0 aliphatic rings. The zero-order chi connectivity index (χ0) is 15.1. The van der Waals surface area contributed by atoms with Crippen LogP contribution in [0.5, 0.6) is 0 Å². The Balaban J connectivity index is 1.66. The van der Waals surface area contributed by atoms with E-state index in [2.05, 4.69) is 40.3 Å². The van der Waals surface area contributed by atoms with E-state index in [4.69, 9.17) is 4.74 Å². The van der Waals surface area contributed by atoms with Crippen LogP contribution in [0.1, 0.15) is 23.4 Å². The Morgan fingerprint density at radius 2 is 2.05 bits per heavy atom. The summed E-state index contributed by atoms with van der Waals surface area (Å²) in [5.41, 5.74) is 1.20. The molecule has 0 saturated carbocycles. The summed E-state index contributed by atoms with van der Waals surface area (Å²) in [5.74, 6) is 0. The van der Waals surface area contributed by atoms with Gasteiger partial charge in [-0.2, -0.15) is 0 Å². The second kappa shape index (κ2) is 8.66. The van der Waals surface area contributed by atoms with Gasteiger partial charge < -0.3 is 15.2 Å². The maximum absolute atomic E-state index is 9.93. The van der Waals surface area contributed by atoms with Crippen LogP contribution in [0.2, 0.25) is 0 Å². The third-order valence-electron chi connectivity index (χ3n) is 3.16. The molecule has 21 heavy (non-hydrogen) atoms. The van der Waals surface area contributed by atoms with Crippen molar-refractivity contribution in [3.63, 3.8) is 0 Å². The molecule has 2 N–H and O–H groups in total. The van der Waals surface area contributed by atoms with E-state index in [-0.39, 0.29) is 6.04 Å². The summed E-state index contributed by atoms with van der Waals surface area (Å²) >= 11 is 5.09. The van der Waals surface area contributed by atoms with Crippen molar-refractivity contribution in [1.82, 2.24) is 5.32 Å². The van der Waals surface area contributed by atoms with Gasteiger partial charge in [0.2, 0.25) is 0 Å². The van der Waals surface area contributed by atoms with Gasteiger partial charge in [0.05, 0.1) is 19.3 Å². The number of rotatable bonds is 8. The average Bonchev–Trinajstić information content (AvgIpc) is 2.99. The zero-order valence-corrected chi connectivity index (χ0v) is 14.4. The van der Waals surface area contributed by atoms with E-state index >= 15 is 0 Å². The molecule has 0 amide bonds. The molecule has 1 heterocycles. The first-order valence-electron chi connectivity index (χ1n) is 6.92. The summed E-state index contributed by atoms with van der Waals surface area (Å²) < 4.78 is 6.58. The predicted octanol–water partition coefficient (Wildman–Crippen LogP) is 3.74. The fraction of sp³-hybridized carbons (Fsp3) is 0.375. The lowest BCUT2D eigenvalue weighted by Crippen LogP contribution is -2.32. The van der Waals surface area contributed by atoms with E-state index in [9.17, 15) is 5.11 Å². The topological polar surface area (TPSA) is 41.5 Å². The fourth-order valence-electron chi connectivity index (χ4n) is 1.93. The maximum Gasteiger partial charge on any atom is 0.0898 e. The third-order valence-corrected chi connectivity index (χ3v) is 4.54. The number of aliphatic hydroxyl groups is 1. The molecule has 1 aromatic carbocycles. The molecule has 2 rings (SSSR count). The summed E-state index contributed by atoms with van der Waals surface area (Å²) in [6.07, 6.45) is -0.497. The molecule has 0 bridgehead atoms. The van der Waals surface area contributed by atoms with Crippen LogP contribution in [-0.2, 0) is 11.3 Å². The molecule has 114 valence electrons. The predicted molar refractivity (Wildman–Crippen MR) is 90.5 cm³/mol. The highest BCUT2D eigenvalue weighted by molar-refractivity contribution is 9.10. The highest BCUT2D eigenvalue weighted by atomic mass is 79.9. The van der Waals surface area contributed by atoms with E-state index in [0.29, 0.717) is 19.8 Å². The molecular weight excluding hydrogens is 350 g/mol. The molecule has 0 fully saturated rings. The molecule has 5 heteroatoms. The number of thiophene rings is 1. The highest BCUT2D eigenvalue weighted by Crippen LogP contribution is 2.16. The molecular formula is C16H20BrNO2S. The maximum atomic E-state index is 9.93. The highest BCUT2D eigenvalue weighted by Gasteiger charge is 2.09. The van der Waals surface area contributed by atoms with Crippen LogP contribution in [0.4, 0.5) is 0 Å². The number of halogens is 1. The van der Waals surface area contributed by atoms with Gasteiger partial charge >= 0.3 is 0 Å². The van der Waals surface area contributed by atoms with Gasteiger partial charge in [0.1, 0.15) is 0 Å². The molecule has 2 atom stereocenters. The lowest BCUT2D eigenvalue weighted by atomic mass is 10.1. The van der Waals surface area contributed by atoms with Crippen LogP contribution in [0.15, 0.2) is 46.3 Å². The quantitative estimate of drug-likeness (QED) is 0.744. The Kier molecular flexibility index (Phi) is 6.86. The number of hydrogen-bond acceptors (Lipinski definition) is 4. The lowest BCUT2D eigenvalue weighted by molar-refractivity contribution is 0.0288. The second-order valence-corrected chi connectivity index (χ2v) is 6.88. The standard InChI is InChI=1S/C16H20BrNO2S/c1-12(13-4-6-14(17)7-5-13)18-9-15(19)10-20-11-16-3-2-8-21-16/h2-8,12,15,18-19H,9-11H2,1H3/t12-,15?/m1/s1. The van der Waals surface area contributed by atoms with Gasteiger partial charge in [0.25, 0.3) is 0 Å². The van der Waals surface area contributed by atoms with E-state index in [1.54, 1.807) is 11.3 Å². The minimum atomic E-state index is -0.497. The molecule has 1 unspecified atom stereocenters. The normalized spacial score (nSPS) is 14.0. The van der Waals surface area contributed by atoms with E-state index in [0.717, 1.165) is 4.47 Å². The largest absolute Gasteiger partial charge is 0.389 e. The van der Waals surface area contributed by atoms with Crippen molar-refractivity contribution < 1.29 is 9.84 Å². The lowest BCUT2D eigenvalue weighted by Gasteiger charge is -2.17. The van der Waals surface area contributed by atoms with E-state index < -0.39 is 6.10 Å². The van der Waals surface area contributed by atoms with Crippen molar-refractivity contribution in [2.24, 2.45) is 0 Å². The first-order valence-corrected chi connectivity index (χ1v) is 8.59. The van der Waals surface area contributed by atoms with Crippen molar-refractivity contribution in [2.45, 2.75) is 25.7 Å².